The Morgan fingerprint density at radius 3 is 1.85 bits per heavy atom. The fourth-order valence-electron chi connectivity index (χ4n) is 1.34. The largest absolute Gasteiger partial charge is 0.448 e. The predicted octanol–water partition coefficient (Wildman–Crippen LogP) is 2.65. The Morgan fingerprint density at radius 1 is 1.25 bits per heavy atom. The van der Waals surface area contributed by atoms with E-state index < -0.39 is 0 Å². The van der Waals surface area contributed by atoms with E-state index in [2.05, 4.69) is 30.8 Å². The maximum Gasteiger partial charge on any atom is 0.407 e. The van der Waals surface area contributed by atoms with Crippen LogP contribution in [0.4, 0.5) is 4.79 Å². The molecule has 2 fully saturated rings. The number of hydrogen-bond acceptors (Lipinski definition) is 3. The average Bonchev–Trinajstić information content (AvgIpc) is 2.65. The summed E-state index contributed by atoms with van der Waals surface area (Å²) >= 11 is 0. The third-order valence-electron chi connectivity index (χ3n) is 2.39. The van der Waals surface area contributed by atoms with Crippen LogP contribution in [0.5, 0.6) is 0 Å². The van der Waals surface area contributed by atoms with Crippen LogP contribution in [-0.2, 0) is 9.53 Å². The van der Waals surface area contributed by atoms with E-state index in [9.17, 15) is 9.59 Å². The molecule has 0 aromatic rings. The molecule has 0 atom stereocenters. The number of rotatable bonds is 0. The highest BCUT2D eigenvalue weighted by Crippen LogP contribution is 2.20. The number of hydrogen-bond donors (Lipinski definition) is 1. The summed E-state index contributed by atoms with van der Waals surface area (Å²) in [5.41, 5.74) is -0.180. The summed E-state index contributed by atoms with van der Waals surface area (Å²) in [7, 11) is 0. The molecule has 5 heteroatoms. The number of carbonyl (C=O) groups excluding carboxylic acids is 2. The first-order valence-corrected chi connectivity index (χ1v) is 7.34. The Bertz CT molecular complexity index is 294. The van der Waals surface area contributed by atoms with Crippen LogP contribution < -0.4 is 5.32 Å². The van der Waals surface area contributed by atoms with Gasteiger partial charge in [0.2, 0.25) is 5.91 Å². The number of ether oxygens (including phenoxy) is 1. The van der Waals surface area contributed by atoms with E-state index >= 15 is 0 Å². The fraction of sp³-hybridized carbons (Fsp3) is 0.867. The van der Waals surface area contributed by atoms with Crippen molar-refractivity contribution < 1.29 is 14.3 Å². The van der Waals surface area contributed by atoms with E-state index in [1.54, 1.807) is 0 Å². The number of amides is 2. The van der Waals surface area contributed by atoms with Crippen molar-refractivity contribution in [1.82, 2.24) is 10.2 Å². The lowest BCUT2D eigenvalue weighted by Crippen LogP contribution is -2.47. The van der Waals surface area contributed by atoms with Crippen molar-refractivity contribution in [3.05, 3.63) is 0 Å². The van der Waals surface area contributed by atoms with Crippen molar-refractivity contribution in [3.8, 4) is 0 Å². The summed E-state index contributed by atoms with van der Waals surface area (Å²) in [6, 6.07) is 0. The van der Waals surface area contributed by atoms with Crippen LogP contribution in [0, 0.1) is 11.3 Å². The van der Waals surface area contributed by atoms with Crippen LogP contribution in [0.3, 0.4) is 0 Å². The van der Waals surface area contributed by atoms with Crippen LogP contribution in [0.2, 0.25) is 0 Å². The van der Waals surface area contributed by atoms with Gasteiger partial charge >= 0.3 is 6.09 Å². The van der Waals surface area contributed by atoms with Crippen LogP contribution in [0.15, 0.2) is 0 Å². The van der Waals surface area contributed by atoms with Gasteiger partial charge in [0.25, 0.3) is 0 Å². The van der Waals surface area contributed by atoms with Crippen LogP contribution in [-0.4, -0.2) is 43.1 Å². The highest BCUT2D eigenvalue weighted by Gasteiger charge is 2.29. The van der Waals surface area contributed by atoms with Gasteiger partial charge in [-0.3, -0.25) is 4.79 Å². The molecule has 0 spiro atoms. The van der Waals surface area contributed by atoms with Crippen molar-refractivity contribution in [3.63, 3.8) is 0 Å². The van der Waals surface area contributed by atoms with Crippen molar-refractivity contribution >= 4 is 12.0 Å². The van der Waals surface area contributed by atoms with Gasteiger partial charge in [0.15, 0.2) is 0 Å². The molecule has 0 bridgehead atoms. The van der Waals surface area contributed by atoms with E-state index in [-0.39, 0.29) is 11.5 Å². The predicted molar refractivity (Wildman–Crippen MR) is 80.5 cm³/mol. The Morgan fingerprint density at radius 2 is 1.75 bits per heavy atom. The smallest absolute Gasteiger partial charge is 0.407 e. The van der Waals surface area contributed by atoms with Gasteiger partial charge in [-0.15, -0.1) is 0 Å². The van der Waals surface area contributed by atoms with Gasteiger partial charge in [-0.05, 0) is 12.3 Å². The van der Waals surface area contributed by atoms with E-state index in [4.69, 9.17) is 0 Å². The monoisotopic (exact) mass is 286 g/mol. The molecular weight excluding hydrogens is 256 g/mol. The topological polar surface area (TPSA) is 58.6 Å². The molecule has 0 unspecified atom stereocenters. The number of cyclic esters (lactones) is 1. The van der Waals surface area contributed by atoms with E-state index in [1.165, 1.54) is 6.42 Å². The summed E-state index contributed by atoms with van der Waals surface area (Å²) in [5.74, 6) is 1.12. The SMILES string of the molecule is CC(C)(C)C(=O)N1CCC1.CC(C)C.O=C1NCCO1. The van der Waals surface area contributed by atoms with E-state index in [0.29, 0.717) is 19.1 Å². The highest BCUT2D eigenvalue weighted by atomic mass is 16.6. The lowest BCUT2D eigenvalue weighted by molar-refractivity contribution is -0.143. The zero-order valence-corrected chi connectivity index (χ0v) is 13.8. The number of alkyl carbamates (subject to hydrolysis) is 1. The highest BCUT2D eigenvalue weighted by molar-refractivity contribution is 5.82. The molecule has 2 rings (SSSR count). The maximum absolute atomic E-state index is 11.4. The second kappa shape index (κ2) is 8.82. The zero-order chi connectivity index (χ0) is 15.8. The second-order valence-electron chi connectivity index (χ2n) is 6.69. The second-order valence-corrected chi connectivity index (χ2v) is 6.69. The minimum absolute atomic E-state index is 0.180. The molecule has 2 amide bonds. The molecule has 0 aromatic carbocycles. The molecule has 2 saturated heterocycles. The Hall–Kier alpha value is -1.26. The minimum atomic E-state index is -0.296. The van der Waals surface area contributed by atoms with Gasteiger partial charge in [0.05, 0.1) is 6.54 Å². The van der Waals surface area contributed by atoms with Crippen LogP contribution in [0.25, 0.3) is 0 Å². The fourth-order valence-corrected chi connectivity index (χ4v) is 1.34. The normalized spacial score (nSPS) is 16.9. The number of likely N-dealkylation sites (tertiary alicyclic amines) is 1. The third kappa shape index (κ3) is 8.77. The molecule has 0 aromatic heterocycles. The number of carbonyl (C=O) groups is 2. The molecule has 1 N–H and O–H groups in total. The van der Waals surface area contributed by atoms with E-state index in [0.717, 1.165) is 19.0 Å². The number of nitrogens with zero attached hydrogens (tertiary/aromatic N) is 1. The summed E-state index contributed by atoms with van der Waals surface area (Å²) < 4.78 is 4.40. The van der Waals surface area contributed by atoms with Gasteiger partial charge in [-0.25, -0.2) is 4.79 Å². The average molecular weight is 286 g/mol. The first-order valence-electron chi connectivity index (χ1n) is 7.34. The number of nitrogens with one attached hydrogen (secondary N) is 1. The zero-order valence-electron chi connectivity index (χ0n) is 13.8. The van der Waals surface area contributed by atoms with Crippen LogP contribution in [0.1, 0.15) is 48.0 Å². The quantitative estimate of drug-likeness (QED) is 0.745. The van der Waals surface area contributed by atoms with Gasteiger partial charge in [0, 0.05) is 18.5 Å². The molecule has 2 aliphatic heterocycles. The van der Waals surface area contributed by atoms with Gasteiger partial charge in [0.1, 0.15) is 6.61 Å². The van der Waals surface area contributed by atoms with Crippen molar-refractivity contribution in [2.24, 2.45) is 11.3 Å². The summed E-state index contributed by atoms with van der Waals surface area (Å²) in [6.45, 7) is 15.5. The van der Waals surface area contributed by atoms with Gasteiger partial charge in [-0.2, -0.15) is 0 Å². The van der Waals surface area contributed by atoms with Gasteiger partial charge < -0.3 is 15.0 Å². The lowest BCUT2D eigenvalue weighted by atomic mass is 9.93. The van der Waals surface area contributed by atoms with Crippen LogP contribution >= 0.6 is 0 Å². The maximum atomic E-state index is 11.4. The van der Waals surface area contributed by atoms with Crippen molar-refractivity contribution in [2.45, 2.75) is 48.0 Å². The van der Waals surface area contributed by atoms with Crippen molar-refractivity contribution in [2.75, 3.05) is 26.2 Å². The first-order chi connectivity index (χ1) is 9.14. The summed E-state index contributed by atoms with van der Waals surface area (Å²) in [6.07, 6.45) is 0.886. The standard InChI is InChI=1S/C8H15NO.C4H10.C3H5NO2/c1-8(2,3)7(10)9-5-4-6-9;1-4(2)3;5-3-4-1-2-6-3/h4-6H2,1-3H3;4H,1-3H3;1-2H2,(H,4,5). The van der Waals surface area contributed by atoms with E-state index in [1.807, 2.05) is 25.7 Å². The van der Waals surface area contributed by atoms with Gasteiger partial charge in [-0.1, -0.05) is 41.5 Å². The molecular formula is C15H30N2O3. The van der Waals surface area contributed by atoms with Crippen molar-refractivity contribution in [1.29, 1.82) is 0 Å². The molecule has 20 heavy (non-hydrogen) atoms. The molecule has 0 saturated carbocycles. The Labute approximate surface area is 123 Å². The molecule has 0 aliphatic carbocycles. The summed E-state index contributed by atoms with van der Waals surface area (Å²) in [5, 5.41) is 2.46. The summed E-state index contributed by atoms with van der Waals surface area (Å²) in [4.78, 5) is 23.2. The molecule has 5 nitrogen and oxygen atoms in total. The Kier molecular flexibility index (Phi) is 8.26. The minimum Gasteiger partial charge on any atom is -0.448 e. The molecule has 2 aliphatic rings. The molecule has 118 valence electrons. The Balaban J connectivity index is 0.000000307. The molecule has 2 heterocycles. The third-order valence-corrected chi connectivity index (χ3v) is 2.39. The lowest BCUT2D eigenvalue weighted by Gasteiger charge is -2.35. The first kappa shape index (κ1) is 18.7. The molecule has 0 radical (unpaired) electrons.